The minimum atomic E-state index is -0.700. The molecule has 0 amide bonds. The first-order valence-electron chi connectivity index (χ1n) is 9.51. The number of benzene rings is 2. The van der Waals surface area contributed by atoms with Crippen LogP contribution in [0.4, 0.5) is 0 Å². The van der Waals surface area contributed by atoms with Crippen molar-refractivity contribution in [2.45, 2.75) is 25.8 Å². The zero-order chi connectivity index (χ0) is 18.8. The fraction of sp³-hybridized carbons (Fsp3) is 0.304. The Morgan fingerprint density at radius 2 is 1.89 bits per heavy atom. The Bertz CT molecular complexity index is 952. The number of pyridine rings is 1. The largest absolute Gasteiger partial charge is 0.481 e. The number of aromatic nitrogens is 1. The van der Waals surface area contributed by atoms with Gasteiger partial charge in [-0.1, -0.05) is 54.1 Å². The fourth-order valence-corrected chi connectivity index (χ4v) is 3.99. The van der Waals surface area contributed by atoms with Gasteiger partial charge in [-0.25, -0.2) is 0 Å². The van der Waals surface area contributed by atoms with Gasteiger partial charge in [0.15, 0.2) is 0 Å². The maximum atomic E-state index is 11.6. The molecule has 1 saturated heterocycles. The fourth-order valence-electron chi connectivity index (χ4n) is 3.99. The second-order valence-electron chi connectivity index (χ2n) is 7.41. The van der Waals surface area contributed by atoms with Gasteiger partial charge in [-0.2, -0.15) is 0 Å². The van der Waals surface area contributed by atoms with Crippen molar-refractivity contribution in [1.82, 2.24) is 9.88 Å². The molecule has 1 aromatic heterocycles. The molecular formula is C23H24N2O2. The number of rotatable bonds is 4. The van der Waals surface area contributed by atoms with Crippen molar-refractivity contribution in [2.75, 3.05) is 13.1 Å². The number of aliphatic carboxylic acids is 1. The predicted molar refractivity (Wildman–Crippen MR) is 107 cm³/mol. The van der Waals surface area contributed by atoms with E-state index in [-0.39, 0.29) is 12.0 Å². The van der Waals surface area contributed by atoms with Gasteiger partial charge in [0.2, 0.25) is 0 Å². The third-order valence-electron chi connectivity index (χ3n) is 5.46. The zero-order valence-corrected chi connectivity index (χ0v) is 15.5. The van der Waals surface area contributed by atoms with Gasteiger partial charge in [-0.3, -0.25) is 14.7 Å². The number of piperidine rings is 1. The van der Waals surface area contributed by atoms with Gasteiger partial charge in [0.25, 0.3) is 0 Å². The number of carbonyl (C=O) groups is 1. The Kier molecular flexibility index (Phi) is 4.90. The lowest BCUT2D eigenvalue weighted by Crippen LogP contribution is -2.41. The number of fused-ring (bicyclic) bond motifs is 1. The van der Waals surface area contributed by atoms with Crippen LogP contribution in [0.1, 0.15) is 35.7 Å². The van der Waals surface area contributed by atoms with Crippen LogP contribution in [0.2, 0.25) is 0 Å². The molecule has 1 fully saturated rings. The van der Waals surface area contributed by atoms with Crippen LogP contribution in [0.5, 0.6) is 0 Å². The molecule has 0 radical (unpaired) electrons. The van der Waals surface area contributed by atoms with Crippen molar-refractivity contribution in [3.63, 3.8) is 0 Å². The Morgan fingerprint density at radius 1 is 1.11 bits per heavy atom. The van der Waals surface area contributed by atoms with E-state index in [0.717, 1.165) is 41.5 Å². The molecule has 4 rings (SSSR count). The summed E-state index contributed by atoms with van der Waals surface area (Å²) in [5, 5.41) is 10.6. The molecular weight excluding hydrogens is 336 g/mol. The minimum absolute atomic E-state index is 0.0302. The van der Waals surface area contributed by atoms with Crippen LogP contribution in [-0.2, 0) is 4.79 Å². The molecule has 138 valence electrons. The van der Waals surface area contributed by atoms with Crippen molar-refractivity contribution < 1.29 is 9.90 Å². The van der Waals surface area contributed by atoms with E-state index in [1.165, 1.54) is 5.56 Å². The molecule has 4 nitrogen and oxygen atoms in total. The first-order valence-corrected chi connectivity index (χ1v) is 9.51. The summed E-state index contributed by atoms with van der Waals surface area (Å²) in [6, 6.07) is 20.8. The standard InChI is InChI=1S/C23H24N2O2/c1-16-8-10-18(11-9-16)22(25-14-4-6-19(15-25)23(26)27)21-13-12-17-5-2-3-7-20(17)24-21/h2-3,5,7-13,19,22H,4,6,14-15H2,1H3,(H,26,27). The number of para-hydroxylation sites is 1. The number of nitrogens with zero attached hydrogens (tertiary/aromatic N) is 2. The molecule has 2 aromatic carbocycles. The van der Waals surface area contributed by atoms with Crippen LogP contribution < -0.4 is 0 Å². The van der Waals surface area contributed by atoms with Crippen LogP contribution in [0.15, 0.2) is 60.7 Å². The molecule has 0 saturated carbocycles. The maximum Gasteiger partial charge on any atom is 0.307 e. The van der Waals surface area contributed by atoms with E-state index < -0.39 is 5.97 Å². The summed E-state index contributed by atoms with van der Waals surface area (Å²) in [7, 11) is 0. The minimum Gasteiger partial charge on any atom is -0.481 e. The second kappa shape index (κ2) is 7.49. The van der Waals surface area contributed by atoms with Crippen molar-refractivity contribution in [2.24, 2.45) is 5.92 Å². The summed E-state index contributed by atoms with van der Waals surface area (Å²) in [5.41, 5.74) is 4.32. The monoisotopic (exact) mass is 360 g/mol. The number of hydrogen-bond donors (Lipinski definition) is 1. The molecule has 1 aliphatic heterocycles. The average molecular weight is 360 g/mol. The summed E-state index contributed by atoms with van der Waals surface area (Å²) in [5.74, 6) is -1.01. The number of likely N-dealkylation sites (tertiary alicyclic amines) is 1. The third-order valence-corrected chi connectivity index (χ3v) is 5.46. The highest BCUT2D eigenvalue weighted by Gasteiger charge is 2.32. The maximum absolute atomic E-state index is 11.6. The van der Waals surface area contributed by atoms with Gasteiger partial charge in [0.1, 0.15) is 0 Å². The van der Waals surface area contributed by atoms with E-state index in [2.05, 4.69) is 54.3 Å². The molecule has 0 spiro atoms. The summed E-state index contributed by atoms with van der Waals surface area (Å²) >= 11 is 0. The van der Waals surface area contributed by atoms with E-state index >= 15 is 0 Å². The average Bonchev–Trinajstić information content (AvgIpc) is 2.70. The quantitative estimate of drug-likeness (QED) is 0.748. The highest BCUT2D eigenvalue weighted by atomic mass is 16.4. The number of aryl methyl sites for hydroxylation is 1. The summed E-state index contributed by atoms with van der Waals surface area (Å²) in [6.45, 7) is 3.52. The van der Waals surface area contributed by atoms with Crippen molar-refractivity contribution in [3.8, 4) is 0 Å². The van der Waals surface area contributed by atoms with Gasteiger partial charge in [0.05, 0.1) is 23.2 Å². The first kappa shape index (κ1) is 17.7. The van der Waals surface area contributed by atoms with Crippen LogP contribution >= 0.6 is 0 Å². The van der Waals surface area contributed by atoms with Gasteiger partial charge in [-0.15, -0.1) is 0 Å². The molecule has 4 heteroatoms. The normalized spacial score (nSPS) is 19.1. The Morgan fingerprint density at radius 3 is 2.67 bits per heavy atom. The molecule has 1 aliphatic rings. The smallest absolute Gasteiger partial charge is 0.307 e. The SMILES string of the molecule is Cc1ccc(C(c2ccc3ccccc3n2)N2CCCC(C(=O)O)C2)cc1. The number of carboxylic acids is 1. The topological polar surface area (TPSA) is 53.4 Å². The third kappa shape index (κ3) is 3.71. The van der Waals surface area contributed by atoms with Gasteiger partial charge in [-0.05, 0) is 44.0 Å². The summed E-state index contributed by atoms with van der Waals surface area (Å²) < 4.78 is 0. The summed E-state index contributed by atoms with van der Waals surface area (Å²) in [6.07, 6.45) is 1.64. The van der Waals surface area contributed by atoms with E-state index in [1.54, 1.807) is 0 Å². The molecule has 2 unspecified atom stereocenters. The van der Waals surface area contributed by atoms with E-state index in [4.69, 9.17) is 4.98 Å². The van der Waals surface area contributed by atoms with Crippen LogP contribution in [-0.4, -0.2) is 34.0 Å². The Labute approximate surface area is 159 Å². The van der Waals surface area contributed by atoms with Crippen molar-refractivity contribution in [1.29, 1.82) is 0 Å². The van der Waals surface area contributed by atoms with Crippen LogP contribution in [0.25, 0.3) is 10.9 Å². The molecule has 27 heavy (non-hydrogen) atoms. The van der Waals surface area contributed by atoms with E-state index in [1.807, 2.05) is 18.2 Å². The molecule has 0 bridgehead atoms. The highest BCUT2D eigenvalue weighted by molar-refractivity contribution is 5.78. The molecule has 1 N–H and O–H groups in total. The number of carboxylic acid groups (broad SMARTS) is 1. The lowest BCUT2D eigenvalue weighted by molar-refractivity contribution is -0.143. The lowest BCUT2D eigenvalue weighted by atomic mass is 9.93. The summed E-state index contributed by atoms with van der Waals surface area (Å²) in [4.78, 5) is 18.8. The van der Waals surface area contributed by atoms with E-state index in [0.29, 0.717) is 6.54 Å². The molecule has 2 heterocycles. The Balaban J connectivity index is 1.77. The predicted octanol–water partition coefficient (Wildman–Crippen LogP) is 4.43. The van der Waals surface area contributed by atoms with Gasteiger partial charge in [0, 0.05) is 11.9 Å². The van der Waals surface area contributed by atoms with Crippen molar-refractivity contribution >= 4 is 16.9 Å². The van der Waals surface area contributed by atoms with Gasteiger partial charge < -0.3 is 5.11 Å². The lowest BCUT2D eigenvalue weighted by Gasteiger charge is -2.37. The molecule has 2 atom stereocenters. The van der Waals surface area contributed by atoms with Crippen molar-refractivity contribution in [3.05, 3.63) is 77.5 Å². The second-order valence-corrected chi connectivity index (χ2v) is 7.41. The molecule has 0 aliphatic carbocycles. The Hall–Kier alpha value is -2.72. The highest BCUT2D eigenvalue weighted by Crippen LogP contribution is 2.32. The zero-order valence-electron chi connectivity index (χ0n) is 15.5. The van der Waals surface area contributed by atoms with Crippen LogP contribution in [0, 0.1) is 12.8 Å². The first-order chi connectivity index (χ1) is 13.1. The molecule has 3 aromatic rings. The van der Waals surface area contributed by atoms with Crippen LogP contribution in [0.3, 0.4) is 0 Å². The number of hydrogen-bond acceptors (Lipinski definition) is 3. The van der Waals surface area contributed by atoms with E-state index in [9.17, 15) is 9.90 Å². The van der Waals surface area contributed by atoms with Gasteiger partial charge >= 0.3 is 5.97 Å².